The summed E-state index contributed by atoms with van der Waals surface area (Å²) in [4.78, 5) is 2.61. The summed E-state index contributed by atoms with van der Waals surface area (Å²) in [5.41, 5.74) is 3.10. The molecule has 0 aromatic heterocycles. The van der Waals surface area contributed by atoms with Crippen LogP contribution < -0.4 is 5.32 Å². The van der Waals surface area contributed by atoms with Gasteiger partial charge < -0.3 is 5.32 Å². The van der Waals surface area contributed by atoms with Gasteiger partial charge in [-0.05, 0) is 17.5 Å². The Morgan fingerprint density at radius 3 is 2.81 bits per heavy atom. The van der Waals surface area contributed by atoms with Crippen LogP contribution in [0.5, 0.6) is 0 Å². The lowest BCUT2D eigenvalue weighted by Crippen LogP contribution is -2.48. The van der Waals surface area contributed by atoms with Gasteiger partial charge in [0.1, 0.15) is 0 Å². The topological polar surface area (TPSA) is 15.3 Å². The largest absolute Gasteiger partial charge is 0.314 e. The molecule has 3 rings (SSSR count). The highest BCUT2D eigenvalue weighted by molar-refractivity contribution is 5.85. The second kappa shape index (κ2) is 5.87. The molecule has 0 aliphatic carbocycles. The number of rotatable bonds is 0. The van der Waals surface area contributed by atoms with Crippen LogP contribution in [0.2, 0.25) is 0 Å². The fourth-order valence-corrected chi connectivity index (χ4v) is 2.67. The molecule has 1 atom stereocenters. The molecule has 90 valence electrons. The number of benzene rings is 1. The first-order valence-electron chi connectivity index (χ1n) is 5.48. The standard InChI is InChI=1S/C12H16N2.2ClH/c1-2-4-11-10(3-1)5-7-14-8-6-13-9-12(11)14;;/h1-4,12-13H,5-9H2;2*1H/t12-;;/m0../s1. The number of hydrogen-bond acceptors (Lipinski definition) is 2. The van der Waals surface area contributed by atoms with E-state index < -0.39 is 0 Å². The number of nitrogens with zero attached hydrogens (tertiary/aromatic N) is 1. The van der Waals surface area contributed by atoms with E-state index >= 15 is 0 Å². The van der Waals surface area contributed by atoms with E-state index in [4.69, 9.17) is 0 Å². The Morgan fingerprint density at radius 2 is 1.94 bits per heavy atom. The summed E-state index contributed by atoms with van der Waals surface area (Å²) in [5, 5.41) is 3.48. The monoisotopic (exact) mass is 260 g/mol. The third-order valence-corrected chi connectivity index (χ3v) is 3.44. The summed E-state index contributed by atoms with van der Waals surface area (Å²) in [6.07, 6.45) is 1.23. The molecule has 1 saturated heterocycles. The van der Waals surface area contributed by atoms with Crippen molar-refractivity contribution in [3.63, 3.8) is 0 Å². The van der Waals surface area contributed by atoms with Crippen molar-refractivity contribution in [1.29, 1.82) is 0 Å². The minimum Gasteiger partial charge on any atom is -0.314 e. The maximum absolute atomic E-state index is 3.48. The number of piperazine rings is 1. The summed E-state index contributed by atoms with van der Waals surface area (Å²) < 4.78 is 0. The second-order valence-electron chi connectivity index (χ2n) is 4.20. The zero-order valence-corrected chi connectivity index (χ0v) is 10.8. The Balaban J connectivity index is 0.000000640. The molecule has 0 saturated carbocycles. The third-order valence-electron chi connectivity index (χ3n) is 3.44. The molecule has 0 amide bonds. The maximum atomic E-state index is 3.48. The minimum atomic E-state index is 0. The molecule has 16 heavy (non-hydrogen) atoms. The number of hydrogen-bond donors (Lipinski definition) is 1. The first kappa shape index (κ1) is 13.8. The highest BCUT2D eigenvalue weighted by atomic mass is 35.5. The van der Waals surface area contributed by atoms with Gasteiger partial charge in [0.05, 0.1) is 0 Å². The SMILES string of the molecule is Cl.Cl.c1ccc2c(c1)CCN1CCNC[C@@H]21. The summed E-state index contributed by atoms with van der Waals surface area (Å²) in [6.45, 7) is 4.72. The Morgan fingerprint density at radius 1 is 1.12 bits per heavy atom. The van der Waals surface area contributed by atoms with Crippen molar-refractivity contribution in [2.24, 2.45) is 0 Å². The highest BCUT2D eigenvalue weighted by Gasteiger charge is 2.28. The number of halogens is 2. The molecule has 0 radical (unpaired) electrons. The van der Waals surface area contributed by atoms with E-state index in [1.807, 2.05) is 0 Å². The molecule has 2 aliphatic heterocycles. The van der Waals surface area contributed by atoms with E-state index in [9.17, 15) is 0 Å². The van der Waals surface area contributed by atoms with Crippen LogP contribution >= 0.6 is 24.8 Å². The number of nitrogens with one attached hydrogen (secondary N) is 1. The molecule has 0 bridgehead atoms. The average Bonchev–Trinajstić information content (AvgIpc) is 2.29. The first-order valence-corrected chi connectivity index (χ1v) is 5.48. The van der Waals surface area contributed by atoms with E-state index in [1.54, 1.807) is 11.1 Å². The lowest BCUT2D eigenvalue weighted by molar-refractivity contribution is 0.152. The van der Waals surface area contributed by atoms with E-state index in [2.05, 4.69) is 34.5 Å². The molecule has 2 heterocycles. The molecule has 1 fully saturated rings. The first-order chi connectivity index (χ1) is 6.95. The normalized spacial score (nSPS) is 23.4. The van der Waals surface area contributed by atoms with Gasteiger partial charge in [-0.3, -0.25) is 4.90 Å². The molecule has 1 aromatic carbocycles. The quantitative estimate of drug-likeness (QED) is 0.768. The average molecular weight is 261 g/mol. The van der Waals surface area contributed by atoms with Gasteiger partial charge in [0.25, 0.3) is 0 Å². The zero-order valence-electron chi connectivity index (χ0n) is 9.19. The van der Waals surface area contributed by atoms with Gasteiger partial charge in [-0.1, -0.05) is 24.3 Å². The van der Waals surface area contributed by atoms with E-state index in [-0.39, 0.29) is 24.8 Å². The summed E-state index contributed by atoms with van der Waals surface area (Å²) >= 11 is 0. The van der Waals surface area contributed by atoms with E-state index in [0.29, 0.717) is 6.04 Å². The molecular formula is C12H18Cl2N2. The fraction of sp³-hybridized carbons (Fsp3) is 0.500. The zero-order chi connectivity index (χ0) is 9.38. The summed E-state index contributed by atoms with van der Waals surface area (Å²) in [5.74, 6) is 0. The Hall–Kier alpha value is -0.280. The lowest BCUT2D eigenvalue weighted by atomic mass is 9.91. The molecule has 4 heteroatoms. The second-order valence-corrected chi connectivity index (χ2v) is 4.20. The fourth-order valence-electron chi connectivity index (χ4n) is 2.67. The van der Waals surface area contributed by atoms with Crippen molar-refractivity contribution >= 4 is 24.8 Å². The Kier molecular flexibility index (Phi) is 5.06. The van der Waals surface area contributed by atoms with Gasteiger partial charge in [0, 0.05) is 32.2 Å². The van der Waals surface area contributed by atoms with Gasteiger partial charge in [-0.2, -0.15) is 0 Å². The van der Waals surface area contributed by atoms with Crippen molar-refractivity contribution in [2.75, 3.05) is 26.2 Å². The van der Waals surface area contributed by atoms with Gasteiger partial charge >= 0.3 is 0 Å². The molecular weight excluding hydrogens is 243 g/mol. The van der Waals surface area contributed by atoms with Crippen molar-refractivity contribution in [2.45, 2.75) is 12.5 Å². The van der Waals surface area contributed by atoms with Gasteiger partial charge in [-0.25, -0.2) is 0 Å². The molecule has 1 N–H and O–H groups in total. The minimum absolute atomic E-state index is 0. The van der Waals surface area contributed by atoms with Crippen molar-refractivity contribution in [1.82, 2.24) is 10.2 Å². The van der Waals surface area contributed by atoms with Crippen molar-refractivity contribution in [3.8, 4) is 0 Å². The van der Waals surface area contributed by atoms with Crippen LogP contribution in [-0.2, 0) is 6.42 Å². The van der Waals surface area contributed by atoms with E-state index in [1.165, 1.54) is 19.5 Å². The van der Waals surface area contributed by atoms with Crippen LogP contribution in [0, 0.1) is 0 Å². The van der Waals surface area contributed by atoms with Crippen molar-refractivity contribution in [3.05, 3.63) is 35.4 Å². The highest BCUT2D eigenvalue weighted by Crippen LogP contribution is 2.29. The van der Waals surface area contributed by atoms with Crippen LogP contribution in [0.15, 0.2) is 24.3 Å². The van der Waals surface area contributed by atoms with E-state index in [0.717, 1.165) is 13.1 Å². The van der Waals surface area contributed by atoms with Crippen molar-refractivity contribution < 1.29 is 0 Å². The molecule has 2 aliphatic rings. The van der Waals surface area contributed by atoms with Crippen LogP contribution in [0.1, 0.15) is 17.2 Å². The predicted octanol–water partition coefficient (Wildman–Crippen LogP) is 2.03. The van der Waals surface area contributed by atoms with Crippen LogP contribution in [0.25, 0.3) is 0 Å². The van der Waals surface area contributed by atoms with Gasteiger partial charge in [0.2, 0.25) is 0 Å². The van der Waals surface area contributed by atoms with Gasteiger partial charge in [-0.15, -0.1) is 24.8 Å². The van der Waals surface area contributed by atoms with Crippen LogP contribution in [0.4, 0.5) is 0 Å². The lowest BCUT2D eigenvalue weighted by Gasteiger charge is -2.40. The Bertz CT molecular complexity index is 344. The van der Waals surface area contributed by atoms with Crippen LogP contribution in [0.3, 0.4) is 0 Å². The maximum Gasteiger partial charge on any atom is 0.0476 e. The molecule has 2 nitrogen and oxygen atoms in total. The predicted molar refractivity (Wildman–Crippen MR) is 71.8 cm³/mol. The van der Waals surface area contributed by atoms with Crippen LogP contribution in [-0.4, -0.2) is 31.1 Å². The third kappa shape index (κ3) is 2.35. The summed E-state index contributed by atoms with van der Waals surface area (Å²) in [7, 11) is 0. The number of fused-ring (bicyclic) bond motifs is 3. The Labute approximate surface area is 109 Å². The smallest absolute Gasteiger partial charge is 0.0476 e. The molecule has 0 unspecified atom stereocenters. The molecule has 0 spiro atoms. The molecule has 1 aromatic rings. The van der Waals surface area contributed by atoms with Gasteiger partial charge in [0.15, 0.2) is 0 Å². The summed E-state index contributed by atoms with van der Waals surface area (Å²) in [6, 6.07) is 9.52.